The quantitative estimate of drug-likeness (QED) is 0.456. The Morgan fingerprint density at radius 1 is 1.19 bits per heavy atom. The van der Waals surface area contributed by atoms with Crippen LogP contribution in [-0.4, -0.2) is 33.8 Å². The molecule has 0 spiro atoms. The number of para-hydroxylation sites is 1. The molecule has 11 nitrogen and oxygen atoms in total. The Morgan fingerprint density at radius 2 is 1.92 bits per heavy atom. The fourth-order valence-electron chi connectivity index (χ4n) is 2.17. The third-order valence-electron chi connectivity index (χ3n) is 3.42. The van der Waals surface area contributed by atoms with Crippen LogP contribution in [0.5, 0.6) is 0 Å². The van der Waals surface area contributed by atoms with Gasteiger partial charge in [-0.25, -0.2) is 9.55 Å². The number of nitro groups is 2. The first-order valence-electron chi connectivity index (χ1n) is 6.99. The highest BCUT2D eigenvalue weighted by atomic mass is 32.2. The molecular formula is C13H10N6O5S2. The predicted molar refractivity (Wildman–Crippen MR) is 92.0 cm³/mol. The number of aromatic nitrogens is 4. The molecular weight excluding hydrogens is 384 g/mol. The lowest BCUT2D eigenvalue weighted by atomic mass is 10.2. The molecule has 0 radical (unpaired) electrons. The van der Waals surface area contributed by atoms with Crippen LogP contribution in [0.3, 0.4) is 0 Å². The van der Waals surface area contributed by atoms with Gasteiger partial charge in [-0.15, -0.1) is 10.2 Å². The first-order valence-corrected chi connectivity index (χ1v) is 9.12. The van der Waals surface area contributed by atoms with Gasteiger partial charge in [0.25, 0.3) is 11.5 Å². The van der Waals surface area contributed by atoms with Crippen molar-refractivity contribution in [2.75, 3.05) is 0 Å². The van der Waals surface area contributed by atoms with Crippen LogP contribution < -0.4 is 0 Å². The number of imidazole rings is 1. The van der Waals surface area contributed by atoms with Gasteiger partial charge in [0.15, 0.2) is 0 Å². The second-order valence-corrected chi connectivity index (χ2v) is 7.61. The van der Waals surface area contributed by atoms with Crippen molar-refractivity contribution in [3.63, 3.8) is 0 Å². The summed E-state index contributed by atoms with van der Waals surface area (Å²) >= 11 is 0.969. The van der Waals surface area contributed by atoms with Gasteiger partial charge in [0.05, 0.1) is 28.5 Å². The first-order chi connectivity index (χ1) is 12.4. The Hall–Kier alpha value is -3.06. The molecule has 2 heterocycles. The second kappa shape index (κ2) is 7.05. The number of hydrogen-bond acceptors (Lipinski definition) is 9. The molecule has 0 aliphatic heterocycles. The lowest BCUT2D eigenvalue weighted by Crippen LogP contribution is -2.00. The molecule has 1 aromatic carbocycles. The largest absolute Gasteiger partial charge is 0.358 e. The zero-order valence-electron chi connectivity index (χ0n) is 13.1. The van der Waals surface area contributed by atoms with E-state index in [1.807, 2.05) is 0 Å². The molecule has 1 atom stereocenters. The van der Waals surface area contributed by atoms with Crippen LogP contribution in [0.4, 0.5) is 11.5 Å². The van der Waals surface area contributed by atoms with Crippen LogP contribution in [0.2, 0.25) is 0 Å². The highest BCUT2D eigenvalue weighted by molar-refractivity contribution is 7.86. The van der Waals surface area contributed by atoms with Gasteiger partial charge in [-0.3, -0.25) is 14.3 Å². The summed E-state index contributed by atoms with van der Waals surface area (Å²) in [7, 11) is -0.189. The van der Waals surface area contributed by atoms with E-state index in [0.29, 0.717) is 5.56 Å². The maximum absolute atomic E-state index is 12.5. The van der Waals surface area contributed by atoms with Crippen molar-refractivity contribution in [3.8, 4) is 10.8 Å². The topological polar surface area (TPSA) is 147 Å². The van der Waals surface area contributed by atoms with Crippen LogP contribution >= 0.6 is 11.3 Å². The van der Waals surface area contributed by atoms with E-state index in [0.717, 1.165) is 17.5 Å². The molecule has 0 aliphatic carbocycles. The zero-order valence-corrected chi connectivity index (χ0v) is 14.8. The van der Waals surface area contributed by atoms with E-state index in [-0.39, 0.29) is 32.4 Å². The number of nitrogens with zero attached hydrogens (tertiary/aromatic N) is 6. The van der Waals surface area contributed by atoms with Gasteiger partial charge in [-0.05, 0) is 4.92 Å². The average Bonchev–Trinajstić information content (AvgIpc) is 3.21. The Morgan fingerprint density at radius 3 is 2.58 bits per heavy atom. The minimum Gasteiger partial charge on any atom is -0.358 e. The summed E-state index contributed by atoms with van der Waals surface area (Å²) in [6.45, 7) is 0. The SMILES string of the molecule is Cn1c([N+](=O)[O-])cnc1-c1nnc(S(=O)Cc2ccccc2[N+](=O)[O-])s1. The van der Waals surface area contributed by atoms with Crippen molar-refractivity contribution in [1.82, 2.24) is 19.7 Å². The minimum absolute atomic E-state index is 0.0908. The van der Waals surface area contributed by atoms with Gasteiger partial charge in [-0.2, -0.15) is 0 Å². The maximum atomic E-state index is 12.5. The van der Waals surface area contributed by atoms with Crippen LogP contribution in [0.25, 0.3) is 10.8 Å². The summed E-state index contributed by atoms with van der Waals surface area (Å²) in [6, 6.07) is 6.02. The molecule has 0 amide bonds. The highest BCUT2D eigenvalue weighted by Crippen LogP contribution is 2.28. The Kier molecular flexibility index (Phi) is 4.81. The van der Waals surface area contributed by atoms with E-state index in [1.165, 1.54) is 29.8 Å². The molecule has 3 aromatic rings. The summed E-state index contributed by atoms with van der Waals surface area (Å²) in [5.74, 6) is -0.0760. The molecule has 134 valence electrons. The number of benzene rings is 1. The Balaban J connectivity index is 1.85. The van der Waals surface area contributed by atoms with E-state index in [9.17, 15) is 24.4 Å². The molecule has 13 heteroatoms. The second-order valence-electron chi connectivity index (χ2n) is 5.00. The number of rotatable bonds is 6. The molecule has 0 aliphatic rings. The highest BCUT2D eigenvalue weighted by Gasteiger charge is 2.24. The van der Waals surface area contributed by atoms with Crippen LogP contribution in [0.1, 0.15) is 5.56 Å². The van der Waals surface area contributed by atoms with E-state index < -0.39 is 20.6 Å². The van der Waals surface area contributed by atoms with Gasteiger partial charge >= 0.3 is 5.82 Å². The Labute approximate surface area is 152 Å². The summed E-state index contributed by atoms with van der Waals surface area (Å²) in [6.07, 6.45) is 1.10. The van der Waals surface area contributed by atoms with Crippen molar-refractivity contribution in [3.05, 3.63) is 56.3 Å². The molecule has 2 aromatic heterocycles. The van der Waals surface area contributed by atoms with Gasteiger partial charge in [0, 0.05) is 11.6 Å². The fourth-order valence-corrected chi connectivity index (χ4v) is 4.35. The normalized spacial score (nSPS) is 12.0. The third kappa shape index (κ3) is 3.34. The van der Waals surface area contributed by atoms with Crippen LogP contribution in [0, 0.1) is 20.2 Å². The van der Waals surface area contributed by atoms with E-state index >= 15 is 0 Å². The molecule has 3 rings (SSSR count). The van der Waals surface area contributed by atoms with Crippen molar-refractivity contribution >= 4 is 33.6 Å². The van der Waals surface area contributed by atoms with E-state index in [1.54, 1.807) is 6.07 Å². The molecule has 0 saturated heterocycles. The van der Waals surface area contributed by atoms with Gasteiger partial charge < -0.3 is 10.1 Å². The van der Waals surface area contributed by atoms with Gasteiger partial charge in [-0.1, -0.05) is 29.5 Å². The number of hydrogen-bond donors (Lipinski definition) is 0. The molecule has 1 unspecified atom stereocenters. The van der Waals surface area contributed by atoms with Crippen molar-refractivity contribution in [1.29, 1.82) is 0 Å². The lowest BCUT2D eigenvalue weighted by molar-refractivity contribution is -0.391. The van der Waals surface area contributed by atoms with E-state index in [4.69, 9.17) is 0 Å². The fraction of sp³-hybridized carbons (Fsp3) is 0.154. The first kappa shape index (κ1) is 17.8. The summed E-state index contributed by atoms with van der Waals surface area (Å²) in [5, 5.41) is 29.9. The Bertz CT molecular complexity index is 1030. The summed E-state index contributed by atoms with van der Waals surface area (Å²) < 4.78 is 13.9. The lowest BCUT2D eigenvalue weighted by Gasteiger charge is -2.00. The number of nitro benzene ring substituents is 1. The third-order valence-corrected chi connectivity index (χ3v) is 5.98. The van der Waals surface area contributed by atoms with Crippen molar-refractivity contribution < 1.29 is 14.1 Å². The van der Waals surface area contributed by atoms with Crippen molar-refractivity contribution in [2.45, 2.75) is 10.1 Å². The average molecular weight is 394 g/mol. The molecule has 26 heavy (non-hydrogen) atoms. The maximum Gasteiger partial charge on any atom is 0.342 e. The summed E-state index contributed by atoms with van der Waals surface area (Å²) in [5.41, 5.74) is 0.200. The smallest absolute Gasteiger partial charge is 0.342 e. The molecule has 0 fully saturated rings. The van der Waals surface area contributed by atoms with Crippen LogP contribution in [-0.2, 0) is 23.6 Å². The van der Waals surface area contributed by atoms with Crippen LogP contribution in [0.15, 0.2) is 34.8 Å². The standard InChI is InChI=1S/C13H10N6O5S2/c1-17-10(19(22)23)6-14-11(17)12-15-16-13(25-12)26(24)7-8-4-2-3-5-9(8)18(20)21/h2-6H,7H2,1H3. The van der Waals surface area contributed by atoms with Crippen molar-refractivity contribution in [2.24, 2.45) is 7.05 Å². The van der Waals surface area contributed by atoms with E-state index in [2.05, 4.69) is 15.2 Å². The monoisotopic (exact) mass is 394 g/mol. The molecule has 0 saturated carbocycles. The zero-order chi connectivity index (χ0) is 18.8. The predicted octanol–water partition coefficient (Wildman–Crippen LogP) is 2.06. The molecule has 0 N–H and O–H groups in total. The minimum atomic E-state index is -1.65. The summed E-state index contributed by atoms with van der Waals surface area (Å²) in [4.78, 5) is 24.7. The van der Waals surface area contributed by atoms with Gasteiger partial charge in [0.1, 0.15) is 6.20 Å². The van der Waals surface area contributed by atoms with Gasteiger partial charge in [0.2, 0.25) is 9.35 Å². The molecule has 0 bridgehead atoms.